The molecule has 5 rings (SSSR count). The van der Waals surface area contributed by atoms with Crippen LogP contribution in [0.3, 0.4) is 0 Å². The fourth-order valence-electron chi connectivity index (χ4n) is 3.84. The molecule has 136 valence electrons. The van der Waals surface area contributed by atoms with Gasteiger partial charge in [0.2, 0.25) is 0 Å². The molecule has 0 unspecified atom stereocenters. The van der Waals surface area contributed by atoms with Gasteiger partial charge in [0, 0.05) is 18.8 Å². The average molecular weight is 370 g/mol. The van der Waals surface area contributed by atoms with Gasteiger partial charge in [-0.3, -0.25) is 0 Å². The zero-order valence-corrected chi connectivity index (χ0v) is 15.7. The lowest BCUT2D eigenvalue weighted by Crippen LogP contribution is -2.36. The Bertz CT molecular complexity index is 919. The van der Waals surface area contributed by atoms with E-state index in [1.165, 1.54) is 29.9 Å². The number of H-pyrrole nitrogens is 1. The van der Waals surface area contributed by atoms with E-state index in [0.717, 1.165) is 65.9 Å². The summed E-state index contributed by atoms with van der Waals surface area (Å²) in [6.07, 6.45) is 4.63. The number of ether oxygens (including phenoxy) is 2. The second-order valence-corrected chi connectivity index (χ2v) is 7.80. The van der Waals surface area contributed by atoms with Crippen LogP contribution in [-0.4, -0.2) is 48.4 Å². The van der Waals surface area contributed by atoms with Crippen molar-refractivity contribution in [3.05, 3.63) is 23.5 Å². The van der Waals surface area contributed by atoms with E-state index in [1.807, 2.05) is 6.07 Å². The molecule has 0 radical (unpaired) electrons. The van der Waals surface area contributed by atoms with Crippen LogP contribution in [0.4, 0.5) is 5.69 Å². The quantitative estimate of drug-likeness (QED) is 0.765. The summed E-state index contributed by atoms with van der Waals surface area (Å²) in [4.78, 5) is 15.6. The van der Waals surface area contributed by atoms with Crippen LogP contribution in [0.2, 0.25) is 0 Å². The highest BCUT2D eigenvalue weighted by molar-refractivity contribution is 7.22. The summed E-state index contributed by atoms with van der Waals surface area (Å²) in [7, 11) is 1.70. The third kappa shape index (κ3) is 2.66. The first kappa shape index (κ1) is 16.1. The summed E-state index contributed by atoms with van der Waals surface area (Å²) in [5, 5.41) is 0.938. The summed E-state index contributed by atoms with van der Waals surface area (Å²) in [6.45, 7) is 3.35. The highest BCUT2D eigenvalue weighted by Gasteiger charge is 2.22. The van der Waals surface area contributed by atoms with Crippen molar-refractivity contribution in [2.75, 3.05) is 38.3 Å². The fourth-order valence-corrected chi connectivity index (χ4v) is 4.91. The summed E-state index contributed by atoms with van der Waals surface area (Å²) in [5.41, 5.74) is 4.63. The van der Waals surface area contributed by atoms with Gasteiger partial charge in [-0.05, 0) is 37.8 Å². The lowest BCUT2D eigenvalue weighted by Gasteiger charge is -2.29. The van der Waals surface area contributed by atoms with Crippen LogP contribution in [0.25, 0.3) is 21.0 Å². The number of nitrogens with zero attached hydrogens (tertiary/aromatic N) is 3. The molecule has 3 heterocycles. The first-order valence-electron chi connectivity index (χ1n) is 9.22. The minimum absolute atomic E-state index is 0.768. The predicted octanol–water partition coefficient (Wildman–Crippen LogP) is 3.41. The van der Waals surface area contributed by atoms with Crippen LogP contribution in [0.15, 0.2) is 12.1 Å². The molecule has 0 amide bonds. The minimum atomic E-state index is 0.768. The minimum Gasteiger partial charge on any atom is -0.494 e. The van der Waals surface area contributed by atoms with Crippen molar-refractivity contribution < 1.29 is 9.47 Å². The van der Waals surface area contributed by atoms with Gasteiger partial charge in [-0.15, -0.1) is 11.3 Å². The number of morpholine rings is 1. The maximum atomic E-state index is 5.57. The van der Waals surface area contributed by atoms with Crippen molar-refractivity contribution in [2.45, 2.75) is 25.7 Å². The molecule has 2 aromatic heterocycles. The molecule has 0 saturated carbocycles. The zero-order chi connectivity index (χ0) is 17.5. The molecule has 1 fully saturated rings. The molecule has 1 aliphatic heterocycles. The Kier molecular flexibility index (Phi) is 4.05. The molecule has 3 aromatic rings. The molecule has 1 saturated heterocycles. The summed E-state index contributed by atoms with van der Waals surface area (Å²) in [5.74, 6) is 1.71. The monoisotopic (exact) mass is 370 g/mol. The molecule has 0 spiro atoms. The number of aromatic nitrogens is 3. The van der Waals surface area contributed by atoms with Crippen LogP contribution in [0.1, 0.15) is 24.2 Å². The maximum absolute atomic E-state index is 5.57. The largest absolute Gasteiger partial charge is 0.494 e. The number of hydrogen-bond acceptors (Lipinski definition) is 6. The highest BCUT2D eigenvalue weighted by atomic mass is 32.1. The number of hydrogen-bond donors (Lipinski definition) is 1. The number of thiazole rings is 1. The number of imidazole rings is 1. The molecule has 0 bridgehead atoms. The normalized spacial score (nSPS) is 17.5. The van der Waals surface area contributed by atoms with E-state index < -0.39 is 0 Å². The molecule has 1 N–H and O–H groups in total. The third-order valence-corrected chi connectivity index (χ3v) is 6.30. The topological polar surface area (TPSA) is 63.3 Å². The number of aromatic amines is 1. The van der Waals surface area contributed by atoms with Gasteiger partial charge in [-0.2, -0.15) is 0 Å². The Labute approximate surface area is 156 Å². The van der Waals surface area contributed by atoms with Crippen LogP contribution >= 0.6 is 11.3 Å². The maximum Gasteiger partial charge on any atom is 0.167 e. The molecular weight excluding hydrogens is 348 g/mol. The van der Waals surface area contributed by atoms with Crippen molar-refractivity contribution in [2.24, 2.45) is 0 Å². The molecule has 7 heteroatoms. The smallest absolute Gasteiger partial charge is 0.167 e. The lowest BCUT2D eigenvalue weighted by atomic mass is 10.0. The van der Waals surface area contributed by atoms with Crippen molar-refractivity contribution in [1.82, 2.24) is 15.0 Å². The Hall–Kier alpha value is -2.12. The van der Waals surface area contributed by atoms with Gasteiger partial charge in [0.1, 0.15) is 11.3 Å². The van der Waals surface area contributed by atoms with Crippen molar-refractivity contribution in [3.63, 3.8) is 0 Å². The van der Waals surface area contributed by atoms with E-state index in [4.69, 9.17) is 19.4 Å². The predicted molar refractivity (Wildman–Crippen MR) is 103 cm³/mol. The highest BCUT2D eigenvalue weighted by Crippen LogP contribution is 2.40. The first-order valence-corrected chi connectivity index (χ1v) is 10.0. The third-order valence-electron chi connectivity index (χ3n) is 5.21. The number of aryl methyl sites for hydroxylation is 2. The van der Waals surface area contributed by atoms with Gasteiger partial charge in [0.25, 0.3) is 0 Å². The van der Waals surface area contributed by atoms with Crippen LogP contribution in [-0.2, 0) is 17.6 Å². The van der Waals surface area contributed by atoms with Gasteiger partial charge in [0.15, 0.2) is 10.8 Å². The zero-order valence-electron chi connectivity index (χ0n) is 14.9. The molecule has 26 heavy (non-hydrogen) atoms. The molecule has 6 nitrogen and oxygen atoms in total. The Balaban J connectivity index is 1.62. The van der Waals surface area contributed by atoms with E-state index >= 15 is 0 Å². The molecule has 2 aliphatic rings. The van der Waals surface area contributed by atoms with Crippen LogP contribution in [0, 0.1) is 0 Å². The second kappa shape index (κ2) is 6.55. The van der Waals surface area contributed by atoms with Gasteiger partial charge in [-0.1, -0.05) is 0 Å². The summed E-state index contributed by atoms with van der Waals surface area (Å²) < 4.78 is 12.2. The Morgan fingerprint density at radius 2 is 2.00 bits per heavy atom. The molecule has 0 atom stereocenters. The van der Waals surface area contributed by atoms with Crippen LogP contribution in [0.5, 0.6) is 5.75 Å². The summed E-state index contributed by atoms with van der Waals surface area (Å²) in [6, 6.07) is 4.16. The molecular formula is C19H22N4O2S. The first-order chi connectivity index (χ1) is 12.8. The van der Waals surface area contributed by atoms with Crippen molar-refractivity contribution in [1.29, 1.82) is 0 Å². The van der Waals surface area contributed by atoms with Gasteiger partial charge < -0.3 is 19.4 Å². The Morgan fingerprint density at radius 1 is 1.15 bits per heavy atom. The summed E-state index contributed by atoms with van der Waals surface area (Å²) >= 11 is 1.70. The van der Waals surface area contributed by atoms with E-state index in [0.29, 0.717) is 0 Å². The number of benzene rings is 1. The average Bonchev–Trinajstić information content (AvgIpc) is 3.32. The number of methoxy groups -OCH3 is 1. The van der Waals surface area contributed by atoms with Crippen molar-refractivity contribution in [3.8, 4) is 16.6 Å². The SMILES string of the molecule is COc1ccc(N2CCOCC2)c2sc(-c3nc4c([nH]3)CCCC4)nc12. The van der Waals surface area contributed by atoms with E-state index in [2.05, 4.69) is 16.0 Å². The lowest BCUT2D eigenvalue weighted by molar-refractivity contribution is 0.123. The van der Waals surface area contributed by atoms with Gasteiger partial charge in [-0.25, -0.2) is 9.97 Å². The number of fused-ring (bicyclic) bond motifs is 2. The molecule has 1 aliphatic carbocycles. The van der Waals surface area contributed by atoms with E-state index in [1.54, 1.807) is 18.4 Å². The van der Waals surface area contributed by atoms with Gasteiger partial charge >= 0.3 is 0 Å². The van der Waals surface area contributed by atoms with E-state index in [-0.39, 0.29) is 0 Å². The molecule has 1 aromatic carbocycles. The van der Waals surface area contributed by atoms with E-state index in [9.17, 15) is 0 Å². The Morgan fingerprint density at radius 3 is 2.81 bits per heavy atom. The fraction of sp³-hybridized carbons (Fsp3) is 0.474. The van der Waals surface area contributed by atoms with Crippen LogP contribution < -0.4 is 9.64 Å². The number of nitrogens with one attached hydrogen (secondary N) is 1. The second-order valence-electron chi connectivity index (χ2n) is 6.80. The van der Waals surface area contributed by atoms with Crippen molar-refractivity contribution >= 4 is 27.2 Å². The number of rotatable bonds is 3. The van der Waals surface area contributed by atoms with Gasteiger partial charge in [0.05, 0.1) is 36.4 Å². The standard InChI is InChI=1S/C19H22N4O2S/c1-24-15-7-6-14(23-8-10-25-11-9-23)17-16(15)22-19(26-17)18-20-12-4-2-3-5-13(12)21-18/h6-7H,2-5,8-11H2,1H3,(H,20,21). The number of anilines is 1.